The van der Waals surface area contributed by atoms with Crippen LogP contribution in [0.15, 0.2) is 41.2 Å². The lowest BCUT2D eigenvalue weighted by Gasteiger charge is -2.21. The fourth-order valence-corrected chi connectivity index (χ4v) is 4.84. The number of methoxy groups -OCH3 is 2. The summed E-state index contributed by atoms with van der Waals surface area (Å²) >= 11 is 5.87. The Morgan fingerprint density at radius 2 is 1.72 bits per heavy atom. The Balaban J connectivity index is 1.81. The standard InChI is InChI=1S/C22H24ClN7O5S/c1-12-9-16(28-35-12)21-26-27-22(30(21)19-17(33-4)7-6-8-18(19)34-5)29-36(31,32)14(3)13(2)20-24-10-15(23)11-25-20/h6-11,13-14H,1-5H3,(H,27,29). The van der Waals surface area contributed by atoms with E-state index < -0.39 is 21.2 Å². The lowest BCUT2D eigenvalue weighted by molar-refractivity contribution is 0.390. The summed E-state index contributed by atoms with van der Waals surface area (Å²) in [6.45, 7) is 4.99. The number of rotatable bonds is 9. The van der Waals surface area contributed by atoms with E-state index in [2.05, 4.69) is 30.0 Å². The van der Waals surface area contributed by atoms with Crippen molar-refractivity contribution in [3.05, 3.63) is 53.3 Å². The lowest BCUT2D eigenvalue weighted by atomic mass is 10.1. The highest BCUT2D eigenvalue weighted by molar-refractivity contribution is 7.93. The van der Waals surface area contributed by atoms with Gasteiger partial charge < -0.3 is 14.0 Å². The zero-order valence-corrected chi connectivity index (χ0v) is 21.7. The van der Waals surface area contributed by atoms with E-state index in [0.29, 0.717) is 39.5 Å². The largest absolute Gasteiger partial charge is 0.494 e. The summed E-state index contributed by atoms with van der Waals surface area (Å²) < 4.78 is 47.2. The van der Waals surface area contributed by atoms with E-state index in [4.69, 9.17) is 25.6 Å². The third kappa shape index (κ3) is 4.84. The number of aromatic nitrogens is 6. The summed E-state index contributed by atoms with van der Waals surface area (Å²) in [6.07, 6.45) is 2.84. The Morgan fingerprint density at radius 1 is 1.08 bits per heavy atom. The van der Waals surface area contributed by atoms with E-state index in [1.165, 1.54) is 31.2 Å². The van der Waals surface area contributed by atoms with Crippen molar-refractivity contribution in [2.24, 2.45) is 0 Å². The molecule has 0 saturated heterocycles. The molecular formula is C22H24ClN7O5S. The van der Waals surface area contributed by atoms with Gasteiger partial charge in [-0.05, 0) is 26.0 Å². The minimum Gasteiger partial charge on any atom is -0.494 e. The molecule has 2 atom stereocenters. The molecule has 0 aliphatic rings. The van der Waals surface area contributed by atoms with Crippen LogP contribution in [0.25, 0.3) is 17.2 Å². The second kappa shape index (κ2) is 10.1. The number of nitrogens with one attached hydrogen (secondary N) is 1. The van der Waals surface area contributed by atoms with E-state index >= 15 is 0 Å². The fraction of sp³-hybridized carbons (Fsp3) is 0.318. The second-order valence-corrected chi connectivity index (χ2v) is 10.4. The van der Waals surface area contributed by atoms with Crippen LogP contribution < -0.4 is 14.2 Å². The van der Waals surface area contributed by atoms with E-state index in [1.807, 2.05) is 0 Å². The van der Waals surface area contributed by atoms with Gasteiger partial charge in [0.05, 0.1) is 24.5 Å². The number of para-hydroxylation sites is 1. The van der Waals surface area contributed by atoms with Gasteiger partial charge in [0.1, 0.15) is 28.8 Å². The highest BCUT2D eigenvalue weighted by atomic mass is 35.5. The number of hydrogen-bond donors (Lipinski definition) is 1. The molecule has 1 aromatic carbocycles. The maximum Gasteiger partial charge on any atom is 0.243 e. The van der Waals surface area contributed by atoms with E-state index in [9.17, 15) is 8.42 Å². The minimum absolute atomic E-state index is 0.0930. The summed E-state index contributed by atoms with van der Waals surface area (Å²) in [5.74, 6) is 1.23. The summed E-state index contributed by atoms with van der Waals surface area (Å²) in [7, 11) is -1.04. The summed E-state index contributed by atoms with van der Waals surface area (Å²) in [5.41, 5.74) is 0.719. The summed E-state index contributed by atoms with van der Waals surface area (Å²) in [5, 5.41) is 11.7. The first kappa shape index (κ1) is 25.4. The van der Waals surface area contributed by atoms with Gasteiger partial charge in [-0.15, -0.1) is 10.2 Å². The Bertz CT molecular complexity index is 1450. The second-order valence-electron chi connectivity index (χ2n) is 7.92. The van der Waals surface area contributed by atoms with Crippen molar-refractivity contribution < 1.29 is 22.4 Å². The van der Waals surface area contributed by atoms with Gasteiger partial charge in [-0.3, -0.25) is 9.29 Å². The quantitative estimate of drug-likeness (QED) is 0.338. The van der Waals surface area contributed by atoms with Crippen LogP contribution in [0.2, 0.25) is 5.02 Å². The molecular weight excluding hydrogens is 510 g/mol. The SMILES string of the molecule is COc1cccc(OC)c1-n1c(NS(=O)(=O)C(C)C(C)c2ncc(Cl)cn2)nnc1-c1cc(C)on1. The van der Waals surface area contributed by atoms with Crippen molar-refractivity contribution in [1.29, 1.82) is 0 Å². The number of halogens is 1. The summed E-state index contributed by atoms with van der Waals surface area (Å²) in [6, 6.07) is 6.81. The van der Waals surface area contributed by atoms with Gasteiger partial charge in [-0.1, -0.05) is 29.7 Å². The molecule has 0 aliphatic heterocycles. The van der Waals surface area contributed by atoms with Crippen LogP contribution in [0.3, 0.4) is 0 Å². The predicted molar refractivity (Wildman–Crippen MR) is 132 cm³/mol. The Morgan fingerprint density at radius 3 is 2.28 bits per heavy atom. The first-order chi connectivity index (χ1) is 17.2. The van der Waals surface area contributed by atoms with Gasteiger partial charge in [0.25, 0.3) is 0 Å². The van der Waals surface area contributed by atoms with Crippen LogP contribution in [0.5, 0.6) is 11.5 Å². The van der Waals surface area contributed by atoms with Crippen LogP contribution in [0.4, 0.5) is 5.95 Å². The third-order valence-corrected chi connectivity index (χ3v) is 7.67. The minimum atomic E-state index is -4.02. The number of nitrogens with zero attached hydrogens (tertiary/aromatic N) is 6. The average molecular weight is 534 g/mol. The predicted octanol–water partition coefficient (Wildman–Crippen LogP) is 3.63. The number of anilines is 1. The van der Waals surface area contributed by atoms with Crippen molar-refractivity contribution in [3.63, 3.8) is 0 Å². The first-order valence-electron chi connectivity index (χ1n) is 10.8. The van der Waals surface area contributed by atoms with Gasteiger partial charge >= 0.3 is 0 Å². The number of aryl methyl sites for hydroxylation is 1. The molecule has 12 nitrogen and oxygen atoms in total. The van der Waals surface area contributed by atoms with Gasteiger partial charge in [-0.2, -0.15) is 0 Å². The molecule has 0 fully saturated rings. The van der Waals surface area contributed by atoms with Crippen molar-refractivity contribution in [3.8, 4) is 28.7 Å². The van der Waals surface area contributed by atoms with Gasteiger partial charge in [0, 0.05) is 24.4 Å². The zero-order valence-electron chi connectivity index (χ0n) is 20.1. The maximum absolute atomic E-state index is 13.5. The van der Waals surface area contributed by atoms with Gasteiger partial charge in [0.2, 0.25) is 16.0 Å². The van der Waals surface area contributed by atoms with Crippen molar-refractivity contribution in [1.82, 2.24) is 29.9 Å². The van der Waals surface area contributed by atoms with Crippen molar-refractivity contribution >= 4 is 27.6 Å². The maximum atomic E-state index is 13.5. The number of ether oxygens (including phenoxy) is 2. The molecule has 4 rings (SSSR count). The molecule has 0 radical (unpaired) electrons. The van der Waals surface area contributed by atoms with Crippen molar-refractivity contribution in [2.75, 3.05) is 18.9 Å². The van der Waals surface area contributed by atoms with Crippen LogP contribution in [0, 0.1) is 6.92 Å². The molecule has 0 bridgehead atoms. The molecule has 2 unspecified atom stereocenters. The van der Waals surface area contributed by atoms with Crippen molar-refractivity contribution in [2.45, 2.75) is 31.9 Å². The topological polar surface area (TPSA) is 147 Å². The van der Waals surface area contributed by atoms with E-state index in [1.54, 1.807) is 45.0 Å². The smallest absolute Gasteiger partial charge is 0.243 e. The molecule has 3 heterocycles. The number of benzene rings is 1. The van der Waals surface area contributed by atoms with Crippen LogP contribution in [-0.2, 0) is 10.0 Å². The molecule has 0 spiro atoms. The lowest BCUT2D eigenvalue weighted by Crippen LogP contribution is -2.31. The monoisotopic (exact) mass is 533 g/mol. The van der Waals surface area contributed by atoms with Crippen LogP contribution in [0.1, 0.15) is 31.4 Å². The summed E-state index contributed by atoms with van der Waals surface area (Å²) in [4.78, 5) is 8.31. The zero-order chi connectivity index (χ0) is 26.0. The van der Waals surface area contributed by atoms with Crippen LogP contribution in [-0.4, -0.2) is 57.8 Å². The molecule has 1 N–H and O–H groups in total. The molecule has 14 heteroatoms. The average Bonchev–Trinajstić information content (AvgIpc) is 3.48. The Labute approximate surface area is 212 Å². The molecule has 0 aliphatic carbocycles. The molecule has 0 amide bonds. The van der Waals surface area contributed by atoms with Gasteiger partial charge in [0.15, 0.2) is 11.5 Å². The molecule has 0 saturated carbocycles. The first-order valence-corrected chi connectivity index (χ1v) is 12.7. The van der Waals surface area contributed by atoms with E-state index in [-0.39, 0.29) is 11.8 Å². The molecule has 3 aromatic heterocycles. The highest BCUT2D eigenvalue weighted by Gasteiger charge is 2.32. The van der Waals surface area contributed by atoms with Gasteiger partial charge in [-0.25, -0.2) is 18.4 Å². The molecule has 36 heavy (non-hydrogen) atoms. The highest BCUT2D eigenvalue weighted by Crippen LogP contribution is 2.38. The normalized spacial score (nSPS) is 13.3. The van der Waals surface area contributed by atoms with Crippen LogP contribution >= 0.6 is 11.6 Å². The fourth-order valence-electron chi connectivity index (χ4n) is 3.51. The molecule has 190 valence electrons. The number of hydrogen-bond acceptors (Lipinski definition) is 10. The van der Waals surface area contributed by atoms with E-state index in [0.717, 1.165) is 0 Å². The Kier molecular flexibility index (Phi) is 7.13. The Hall–Kier alpha value is -3.71. The molecule has 4 aromatic rings. The third-order valence-electron chi connectivity index (χ3n) is 5.62. The number of sulfonamides is 1.